The third-order valence-corrected chi connectivity index (χ3v) is 7.47. The molecule has 0 heterocycles. The lowest BCUT2D eigenvalue weighted by Crippen LogP contribution is -2.26. The van der Waals surface area contributed by atoms with Crippen molar-refractivity contribution in [2.24, 2.45) is 11.3 Å². The molecular weight excluding hydrogens is 380 g/mol. The molecule has 0 spiro atoms. The van der Waals surface area contributed by atoms with Crippen molar-refractivity contribution in [3.8, 4) is 11.1 Å². The molecule has 0 amide bonds. The van der Waals surface area contributed by atoms with Crippen molar-refractivity contribution >= 4 is 15.5 Å². The van der Waals surface area contributed by atoms with Gasteiger partial charge in [-0.1, -0.05) is 19.9 Å². The minimum Gasteiger partial charge on any atom is -0.237 e. The predicted molar refractivity (Wildman–Crippen MR) is 106 cm³/mol. The van der Waals surface area contributed by atoms with Gasteiger partial charge >= 0.3 is 0 Å². The minimum atomic E-state index is -3.54. The zero-order valence-electron chi connectivity index (χ0n) is 16.0. The normalized spacial score (nSPS) is 17.2. The average Bonchev–Trinajstić information content (AvgIpc) is 2.63. The van der Waals surface area contributed by atoms with E-state index in [9.17, 15) is 17.2 Å². The van der Waals surface area contributed by atoms with Gasteiger partial charge in [-0.15, -0.1) is 0 Å². The lowest BCUT2D eigenvalue weighted by atomic mass is 9.74. The highest BCUT2D eigenvalue weighted by Gasteiger charge is 2.30. The van der Waals surface area contributed by atoms with Crippen molar-refractivity contribution < 1.29 is 17.2 Å². The fourth-order valence-corrected chi connectivity index (χ4v) is 5.48. The van der Waals surface area contributed by atoms with Crippen LogP contribution in [0, 0.1) is 29.5 Å². The number of hydrogen-bond acceptors (Lipinski definition) is 2. The minimum absolute atomic E-state index is 0.0383. The Morgan fingerprint density at radius 2 is 1.71 bits per heavy atom. The van der Waals surface area contributed by atoms with Gasteiger partial charge in [-0.25, -0.2) is 22.0 Å². The molecule has 1 saturated carbocycles. The van der Waals surface area contributed by atoms with Gasteiger partial charge in [-0.05, 0) is 66.8 Å². The summed E-state index contributed by atoms with van der Waals surface area (Å²) in [4.78, 5) is 3.45. The van der Waals surface area contributed by atoms with Crippen molar-refractivity contribution in [1.82, 2.24) is 0 Å². The predicted octanol–water partition coefficient (Wildman–Crippen LogP) is 6.17. The fourth-order valence-electron chi connectivity index (χ4n) is 3.77. The molecule has 0 aliphatic heterocycles. The standard InChI is InChI=1S/C22H23F2NO2S/c1-22(2)10-8-15(9-11-22)14-28(26,27)17-5-7-19(21(13-17)25-3)18-6-4-16(23)12-20(18)24/h4-7,12-13,15H,8-11,14H2,1-2H3. The Morgan fingerprint density at radius 1 is 1.07 bits per heavy atom. The number of hydrogen-bond donors (Lipinski definition) is 0. The Balaban J connectivity index is 1.88. The number of benzene rings is 2. The first-order valence-electron chi connectivity index (χ1n) is 9.31. The molecule has 28 heavy (non-hydrogen) atoms. The van der Waals surface area contributed by atoms with Gasteiger partial charge in [-0.2, -0.15) is 0 Å². The molecule has 2 aromatic carbocycles. The zero-order valence-corrected chi connectivity index (χ0v) is 16.8. The molecule has 148 valence electrons. The molecule has 0 saturated heterocycles. The summed E-state index contributed by atoms with van der Waals surface area (Å²) in [6, 6.07) is 7.26. The molecule has 0 N–H and O–H groups in total. The second kappa shape index (κ2) is 7.63. The highest BCUT2D eigenvalue weighted by Crippen LogP contribution is 2.40. The number of halogens is 2. The Kier molecular flexibility index (Phi) is 5.58. The Bertz CT molecular complexity index is 1030. The third-order valence-electron chi connectivity index (χ3n) is 5.58. The van der Waals surface area contributed by atoms with Crippen LogP contribution in [0.2, 0.25) is 0 Å². The average molecular weight is 403 g/mol. The first-order valence-corrected chi connectivity index (χ1v) is 11.0. The monoisotopic (exact) mass is 403 g/mol. The Morgan fingerprint density at radius 3 is 2.32 bits per heavy atom. The van der Waals surface area contributed by atoms with Crippen LogP contribution < -0.4 is 0 Å². The molecule has 0 aromatic heterocycles. The van der Waals surface area contributed by atoms with E-state index in [1.807, 2.05) is 0 Å². The van der Waals surface area contributed by atoms with E-state index in [-0.39, 0.29) is 38.8 Å². The van der Waals surface area contributed by atoms with Crippen LogP contribution >= 0.6 is 0 Å². The van der Waals surface area contributed by atoms with E-state index in [1.54, 1.807) is 0 Å². The number of sulfone groups is 1. The van der Waals surface area contributed by atoms with Gasteiger partial charge in [0.2, 0.25) is 0 Å². The summed E-state index contributed by atoms with van der Waals surface area (Å²) in [7, 11) is -3.54. The van der Waals surface area contributed by atoms with Crippen molar-refractivity contribution in [1.29, 1.82) is 0 Å². The molecule has 2 aromatic rings. The van der Waals surface area contributed by atoms with E-state index >= 15 is 0 Å². The third kappa shape index (κ3) is 4.41. The summed E-state index contributed by atoms with van der Waals surface area (Å²) in [5.41, 5.74) is 0.631. The molecule has 1 fully saturated rings. The van der Waals surface area contributed by atoms with Gasteiger partial charge in [0.25, 0.3) is 0 Å². The van der Waals surface area contributed by atoms with Crippen LogP contribution in [0.5, 0.6) is 0 Å². The topological polar surface area (TPSA) is 38.5 Å². The first-order chi connectivity index (χ1) is 13.1. The largest absolute Gasteiger partial charge is 0.237 e. The Labute approximate surface area is 165 Å². The lowest BCUT2D eigenvalue weighted by Gasteiger charge is -2.34. The molecule has 3 rings (SSSR count). The van der Waals surface area contributed by atoms with Gasteiger partial charge in [0.15, 0.2) is 15.5 Å². The summed E-state index contributed by atoms with van der Waals surface area (Å²) in [5.74, 6) is -1.32. The smallest absolute Gasteiger partial charge is 0.196 e. The van der Waals surface area contributed by atoms with Gasteiger partial charge in [0, 0.05) is 11.6 Å². The van der Waals surface area contributed by atoms with Crippen molar-refractivity contribution in [2.45, 2.75) is 44.4 Å². The zero-order chi connectivity index (χ0) is 20.5. The highest BCUT2D eigenvalue weighted by molar-refractivity contribution is 7.91. The molecule has 1 aliphatic carbocycles. The van der Waals surface area contributed by atoms with Gasteiger partial charge < -0.3 is 0 Å². The van der Waals surface area contributed by atoms with E-state index in [4.69, 9.17) is 6.57 Å². The summed E-state index contributed by atoms with van der Waals surface area (Å²) < 4.78 is 53.0. The maximum absolute atomic E-state index is 14.1. The van der Waals surface area contributed by atoms with Gasteiger partial charge in [-0.3, -0.25) is 0 Å². The van der Waals surface area contributed by atoms with Gasteiger partial charge in [0.05, 0.1) is 17.2 Å². The maximum Gasteiger partial charge on any atom is 0.196 e. The fraction of sp³-hybridized carbons (Fsp3) is 0.409. The molecule has 3 nitrogen and oxygen atoms in total. The van der Waals surface area contributed by atoms with Crippen LogP contribution in [0.15, 0.2) is 41.3 Å². The molecule has 0 unspecified atom stereocenters. The Hall–Kier alpha value is -2.26. The van der Waals surface area contributed by atoms with Gasteiger partial charge in [0.1, 0.15) is 11.6 Å². The quantitative estimate of drug-likeness (QED) is 0.572. The van der Waals surface area contributed by atoms with E-state index < -0.39 is 21.5 Å². The maximum atomic E-state index is 14.1. The summed E-state index contributed by atoms with van der Waals surface area (Å²) in [6.07, 6.45) is 3.76. The lowest BCUT2D eigenvalue weighted by molar-refractivity contribution is 0.202. The van der Waals surface area contributed by atoms with Crippen LogP contribution in [0.4, 0.5) is 14.5 Å². The molecule has 6 heteroatoms. The van der Waals surface area contributed by atoms with Crippen LogP contribution in [0.1, 0.15) is 39.5 Å². The SMILES string of the molecule is [C-]#[N+]c1cc(S(=O)(=O)CC2CCC(C)(C)CC2)ccc1-c1ccc(F)cc1F. The van der Waals surface area contributed by atoms with Crippen molar-refractivity contribution in [3.63, 3.8) is 0 Å². The van der Waals surface area contributed by atoms with Crippen LogP contribution in [0.3, 0.4) is 0 Å². The summed E-state index contributed by atoms with van der Waals surface area (Å²) >= 11 is 0. The molecular formula is C22H23F2NO2S. The van der Waals surface area contributed by atoms with Crippen LogP contribution in [0.25, 0.3) is 16.0 Å². The second-order valence-corrected chi connectivity index (χ2v) is 10.3. The van der Waals surface area contributed by atoms with Crippen LogP contribution in [-0.2, 0) is 9.84 Å². The first kappa shape index (κ1) is 20.5. The number of rotatable bonds is 4. The van der Waals surface area contributed by atoms with Crippen molar-refractivity contribution in [3.05, 3.63) is 59.4 Å². The summed E-state index contributed by atoms with van der Waals surface area (Å²) in [5, 5.41) is 0. The van der Waals surface area contributed by atoms with Crippen molar-refractivity contribution in [2.75, 3.05) is 5.75 Å². The van der Waals surface area contributed by atoms with E-state index in [1.165, 1.54) is 24.3 Å². The molecule has 1 aliphatic rings. The highest BCUT2D eigenvalue weighted by atomic mass is 32.2. The molecule has 0 radical (unpaired) electrons. The van der Waals surface area contributed by atoms with Crippen LogP contribution in [-0.4, -0.2) is 14.2 Å². The van der Waals surface area contributed by atoms with E-state index in [0.29, 0.717) is 0 Å². The molecule has 0 bridgehead atoms. The number of nitrogens with zero attached hydrogens (tertiary/aromatic N) is 1. The molecule has 0 atom stereocenters. The van der Waals surface area contributed by atoms with E-state index in [0.717, 1.165) is 37.8 Å². The summed E-state index contributed by atoms with van der Waals surface area (Å²) in [6.45, 7) is 11.8. The van der Waals surface area contributed by atoms with E-state index in [2.05, 4.69) is 18.7 Å². The second-order valence-electron chi connectivity index (χ2n) is 8.30.